The van der Waals surface area contributed by atoms with Gasteiger partial charge in [-0.1, -0.05) is 18.2 Å². The Hall–Kier alpha value is -2.34. The third-order valence-electron chi connectivity index (χ3n) is 2.39. The second-order valence-electron chi connectivity index (χ2n) is 4.12. The summed E-state index contributed by atoms with van der Waals surface area (Å²) in [6, 6.07) is 4.42. The number of ether oxygens (including phenoxy) is 2. The Morgan fingerprint density at radius 2 is 2.10 bits per heavy atom. The first-order chi connectivity index (χ1) is 9.42. The molecule has 0 saturated carbocycles. The SMILES string of the molecule is COc1cc(/C=C/C(N)CC(=O)O)ccc1OC(C)=O. The van der Waals surface area contributed by atoms with Crippen molar-refractivity contribution in [1.82, 2.24) is 0 Å². The topological polar surface area (TPSA) is 98.8 Å². The number of rotatable bonds is 6. The number of methoxy groups -OCH3 is 1. The molecule has 3 N–H and O–H groups in total. The molecule has 0 spiro atoms. The fourth-order valence-corrected chi connectivity index (χ4v) is 1.53. The van der Waals surface area contributed by atoms with Gasteiger partial charge >= 0.3 is 11.9 Å². The van der Waals surface area contributed by atoms with Crippen LogP contribution in [0.4, 0.5) is 0 Å². The van der Waals surface area contributed by atoms with Crippen LogP contribution in [0.3, 0.4) is 0 Å². The number of carboxylic acids is 1. The van der Waals surface area contributed by atoms with E-state index in [1.54, 1.807) is 30.4 Å². The number of nitrogens with two attached hydrogens (primary N) is 1. The number of carboxylic acid groups (broad SMARTS) is 1. The minimum atomic E-state index is -0.954. The van der Waals surface area contributed by atoms with E-state index in [9.17, 15) is 9.59 Å². The lowest BCUT2D eigenvalue weighted by Crippen LogP contribution is -2.20. The summed E-state index contributed by atoms with van der Waals surface area (Å²) in [4.78, 5) is 21.4. The molecule has 0 aliphatic rings. The van der Waals surface area contributed by atoms with Crippen molar-refractivity contribution in [3.63, 3.8) is 0 Å². The molecular formula is C14H17NO5. The Kier molecular flexibility index (Phi) is 5.74. The molecule has 0 radical (unpaired) electrons. The first kappa shape index (κ1) is 15.7. The van der Waals surface area contributed by atoms with Crippen LogP contribution >= 0.6 is 0 Å². The largest absolute Gasteiger partial charge is 0.493 e. The summed E-state index contributed by atoms with van der Waals surface area (Å²) in [5.74, 6) is -0.652. The fourth-order valence-electron chi connectivity index (χ4n) is 1.53. The molecule has 0 bridgehead atoms. The van der Waals surface area contributed by atoms with Gasteiger partial charge in [-0.3, -0.25) is 9.59 Å². The zero-order valence-electron chi connectivity index (χ0n) is 11.3. The summed E-state index contributed by atoms with van der Waals surface area (Å²) in [5, 5.41) is 8.60. The molecular weight excluding hydrogens is 262 g/mol. The third-order valence-corrected chi connectivity index (χ3v) is 2.39. The molecule has 1 aromatic rings. The van der Waals surface area contributed by atoms with Crippen LogP contribution in [-0.4, -0.2) is 30.2 Å². The van der Waals surface area contributed by atoms with E-state index in [1.807, 2.05) is 0 Å². The molecule has 0 aliphatic heterocycles. The van der Waals surface area contributed by atoms with E-state index in [0.29, 0.717) is 11.5 Å². The van der Waals surface area contributed by atoms with E-state index in [4.69, 9.17) is 20.3 Å². The van der Waals surface area contributed by atoms with Crippen molar-refractivity contribution in [3.05, 3.63) is 29.8 Å². The van der Waals surface area contributed by atoms with Crippen LogP contribution in [0.25, 0.3) is 6.08 Å². The van der Waals surface area contributed by atoms with E-state index >= 15 is 0 Å². The highest BCUT2D eigenvalue weighted by atomic mass is 16.6. The van der Waals surface area contributed by atoms with Gasteiger partial charge in [0.2, 0.25) is 0 Å². The average molecular weight is 279 g/mol. The molecule has 0 saturated heterocycles. The maximum atomic E-state index is 10.9. The Morgan fingerprint density at radius 1 is 1.40 bits per heavy atom. The van der Waals surface area contributed by atoms with Gasteiger partial charge < -0.3 is 20.3 Å². The lowest BCUT2D eigenvalue weighted by molar-refractivity contribution is -0.137. The highest BCUT2D eigenvalue weighted by Crippen LogP contribution is 2.28. The lowest BCUT2D eigenvalue weighted by Gasteiger charge is -2.08. The van der Waals surface area contributed by atoms with Crippen LogP contribution in [0.1, 0.15) is 18.9 Å². The van der Waals surface area contributed by atoms with Crippen LogP contribution in [0.15, 0.2) is 24.3 Å². The minimum absolute atomic E-state index is 0.140. The van der Waals surface area contributed by atoms with E-state index < -0.39 is 18.0 Å². The Bertz CT molecular complexity index is 524. The smallest absolute Gasteiger partial charge is 0.308 e. The molecule has 1 rings (SSSR count). The summed E-state index contributed by atoms with van der Waals surface area (Å²) in [6.45, 7) is 1.30. The number of aliphatic carboxylic acids is 1. The maximum absolute atomic E-state index is 10.9. The Morgan fingerprint density at radius 3 is 2.65 bits per heavy atom. The standard InChI is InChI=1S/C14H17NO5/c1-9(16)20-12-6-4-10(7-13(12)19-2)3-5-11(15)8-14(17)18/h3-7,11H,8,15H2,1-2H3,(H,17,18)/b5-3+. The van der Waals surface area contributed by atoms with Gasteiger partial charge in [0.1, 0.15) is 0 Å². The van der Waals surface area contributed by atoms with Crippen LogP contribution in [0.5, 0.6) is 11.5 Å². The number of benzene rings is 1. The summed E-state index contributed by atoms with van der Waals surface area (Å²) in [5.41, 5.74) is 6.38. The second-order valence-corrected chi connectivity index (χ2v) is 4.12. The number of carbonyl (C=O) groups is 2. The van der Waals surface area contributed by atoms with Crippen molar-refractivity contribution >= 4 is 18.0 Å². The van der Waals surface area contributed by atoms with Gasteiger partial charge in [0, 0.05) is 13.0 Å². The van der Waals surface area contributed by atoms with Crippen molar-refractivity contribution in [3.8, 4) is 11.5 Å². The van der Waals surface area contributed by atoms with Gasteiger partial charge in [-0.25, -0.2) is 0 Å². The molecule has 1 unspecified atom stereocenters. The first-order valence-corrected chi connectivity index (χ1v) is 5.94. The van der Waals surface area contributed by atoms with Crippen molar-refractivity contribution < 1.29 is 24.2 Å². The highest BCUT2D eigenvalue weighted by molar-refractivity contribution is 5.71. The van der Waals surface area contributed by atoms with Gasteiger partial charge in [0.15, 0.2) is 11.5 Å². The maximum Gasteiger partial charge on any atom is 0.308 e. The van der Waals surface area contributed by atoms with E-state index in [1.165, 1.54) is 14.0 Å². The van der Waals surface area contributed by atoms with Crippen LogP contribution in [0.2, 0.25) is 0 Å². The molecule has 0 amide bonds. The molecule has 1 aromatic carbocycles. The van der Waals surface area contributed by atoms with Gasteiger partial charge in [-0.2, -0.15) is 0 Å². The summed E-state index contributed by atoms with van der Waals surface area (Å²) < 4.78 is 10.1. The Balaban J connectivity index is 2.84. The number of hydrogen-bond acceptors (Lipinski definition) is 5. The zero-order chi connectivity index (χ0) is 15.1. The summed E-state index contributed by atoms with van der Waals surface area (Å²) >= 11 is 0. The predicted molar refractivity (Wildman–Crippen MR) is 73.6 cm³/mol. The molecule has 6 nitrogen and oxygen atoms in total. The Labute approximate surface area is 116 Å². The molecule has 0 heterocycles. The number of carbonyl (C=O) groups excluding carboxylic acids is 1. The minimum Gasteiger partial charge on any atom is -0.493 e. The van der Waals surface area contributed by atoms with Crippen LogP contribution in [0, 0.1) is 0 Å². The van der Waals surface area contributed by atoms with Crippen molar-refractivity contribution in [2.75, 3.05) is 7.11 Å². The fraction of sp³-hybridized carbons (Fsp3) is 0.286. The van der Waals surface area contributed by atoms with Gasteiger partial charge in [-0.15, -0.1) is 0 Å². The average Bonchev–Trinajstić information content (AvgIpc) is 2.36. The second kappa shape index (κ2) is 7.30. The molecule has 108 valence electrons. The molecule has 0 aromatic heterocycles. The van der Waals surface area contributed by atoms with Crippen molar-refractivity contribution in [2.45, 2.75) is 19.4 Å². The van der Waals surface area contributed by atoms with Crippen molar-refractivity contribution in [1.29, 1.82) is 0 Å². The molecule has 6 heteroatoms. The zero-order valence-corrected chi connectivity index (χ0v) is 11.3. The monoisotopic (exact) mass is 279 g/mol. The highest BCUT2D eigenvalue weighted by Gasteiger charge is 2.08. The lowest BCUT2D eigenvalue weighted by atomic mass is 10.1. The third kappa shape index (κ3) is 5.11. The van der Waals surface area contributed by atoms with Crippen LogP contribution in [-0.2, 0) is 9.59 Å². The van der Waals surface area contributed by atoms with Gasteiger partial charge in [0.25, 0.3) is 0 Å². The quantitative estimate of drug-likeness (QED) is 0.604. The predicted octanol–water partition coefficient (Wildman–Crippen LogP) is 1.44. The normalized spacial score (nSPS) is 12.2. The van der Waals surface area contributed by atoms with Gasteiger partial charge in [-0.05, 0) is 17.7 Å². The van der Waals surface area contributed by atoms with E-state index in [0.717, 1.165) is 5.56 Å². The van der Waals surface area contributed by atoms with Crippen LogP contribution < -0.4 is 15.2 Å². The molecule has 1 atom stereocenters. The molecule has 0 aliphatic carbocycles. The summed E-state index contributed by atoms with van der Waals surface area (Å²) in [6.07, 6.45) is 3.14. The van der Waals surface area contributed by atoms with E-state index in [2.05, 4.69) is 0 Å². The summed E-state index contributed by atoms with van der Waals surface area (Å²) in [7, 11) is 1.46. The molecule has 0 fully saturated rings. The number of hydrogen-bond donors (Lipinski definition) is 2. The van der Waals surface area contributed by atoms with E-state index in [-0.39, 0.29) is 6.42 Å². The van der Waals surface area contributed by atoms with Gasteiger partial charge in [0.05, 0.1) is 13.5 Å². The number of esters is 1. The molecule has 20 heavy (non-hydrogen) atoms. The van der Waals surface area contributed by atoms with Crippen molar-refractivity contribution in [2.24, 2.45) is 5.73 Å². The first-order valence-electron chi connectivity index (χ1n) is 5.94.